The molecule has 0 aliphatic heterocycles. The number of carboxylic acids is 2. The number of aliphatic carboxylic acids is 2. The van der Waals surface area contributed by atoms with Gasteiger partial charge >= 0.3 is 11.9 Å². The standard InChI is InChI=1S/C18H31N5O9/c1-8(2)5-11(18(31)32)22-17(30)12(7-24)23-16(29)10(3-4-13(20)25)21-15(28)9(19)6-14(26)27/h8-12,24H,3-7,19H2,1-2H3,(H2,20,25)(H,21,28)(H,22,30)(H,23,29)(H,26,27)(H,31,32). The van der Waals surface area contributed by atoms with Crippen molar-refractivity contribution in [2.75, 3.05) is 6.61 Å². The highest BCUT2D eigenvalue weighted by Gasteiger charge is 2.30. The van der Waals surface area contributed by atoms with Gasteiger partial charge in [-0.3, -0.25) is 24.0 Å². The zero-order valence-corrected chi connectivity index (χ0v) is 17.9. The first-order valence-corrected chi connectivity index (χ1v) is 9.78. The molecule has 32 heavy (non-hydrogen) atoms. The molecule has 4 atom stereocenters. The molecule has 14 heteroatoms. The second-order valence-electron chi connectivity index (χ2n) is 7.54. The van der Waals surface area contributed by atoms with Crippen molar-refractivity contribution in [1.29, 1.82) is 0 Å². The van der Waals surface area contributed by atoms with Gasteiger partial charge in [-0.1, -0.05) is 13.8 Å². The SMILES string of the molecule is CC(C)CC(NC(=O)C(CO)NC(=O)C(CCC(N)=O)NC(=O)C(N)CC(=O)O)C(=O)O. The van der Waals surface area contributed by atoms with Crippen LogP contribution in [0.2, 0.25) is 0 Å². The van der Waals surface area contributed by atoms with Crippen LogP contribution in [-0.2, 0) is 28.8 Å². The van der Waals surface area contributed by atoms with E-state index in [1.807, 2.05) is 0 Å². The van der Waals surface area contributed by atoms with Crippen LogP contribution in [0.1, 0.15) is 39.5 Å². The van der Waals surface area contributed by atoms with E-state index in [1.165, 1.54) is 0 Å². The molecule has 182 valence electrons. The molecule has 0 aromatic rings. The van der Waals surface area contributed by atoms with Gasteiger partial charge in [0.2, 0.25) is 23.6 Å². The molecule has 0 radical (unpaired) electrons. The van der Waals surface area contributed by atoms with Crippen LogP contribution in [0.4, 0.5) is 0 Å². The molecular weight excluding hydrogens is 430 g/mol. The molecule has 14 nitrogen and oxygen atoms in total. The summed E-state index contributed by atoms with van der Waals surface area (Å²) in [5.74, 6) is -6.47. The normalized spacial score (nSPS) is 14.5. The average Bonchev–Trinajstić information content (AvgIpc) is 2.66. The van der Waals surface area contributed by atoms with E-state index in [9.17, 15) is 39.0 Å². The van der Waals surface area contributed by atoms with Gasteiger partial charge in [0.25, 0.3) is 0 Å². The van der Waals surface area contributed by atoms with Crippen molar-refractivity contribution < 1.29 is 44.1 Å². The molecule has 4 unspecified atom stereocenters. The van der Waals surface area contributed by atoms with Gasteiger partial charge in [0.15, 0.2) is 0 Å². The average molecular weight is 461 g/mol. The minimum Gasteiger partial charge on any atom is -0.481 e. The number of nitrogens with two attached hydrogens (primary N) is 2. The number of carbonyl (C=O) groups is 6. The van der Waals surface area contributed by atoms with Crippen LogP contribution >= 0.6 is 0 Å². The lowest BCUT2D eigenvalue weighted by molar-refractivity contribution is -0.143. The Bertz CT molecular complexity index is 713. The third-order valence-electron chi connectivity index (χ3n) is 4.18. The van der Waals surface area contributed by atoms with E-state index < -0.39 is 72.8 Å². The Labute approximate surface area is 184 Å². The van der Waals surface area contributed by atoms with Crippen molar-refractivity contribution in [3.8, 4) is 0 Å². The van der Waals surface area contributed by atoms with Crippen LogP contribution in [0.15, 0.2) is 0 Å². The number of nitrogens with one attached hydrogen (secondary N) is 3. The minimum atomic E-state index is -1.56. The topological polar surface area (TPSA) is 251 Å². The summed E-state index contributed by atoms with van der Waals surface area (Å²) in [4.78, 5) is 70.1. The Hall–Kier alpha value is -3.26. The number of hydrogen-bond donors (Lipinski definition) is 8. The molecule has 4 amide bonds. The van der Waals surface area contributed by atoms with E-state index in [0.717, 1.165) is 0 Å². The van der Waals surface area contributed by atoms with Gasteiger partial charge in [0.05, 0.1) is 19.1 Å². The highest BCUT2D eigenvalue weighted by Crippen LogP contribution is 2.06. The number of amides is 4. The predicted octanol–water partition coefficient (Wildman–Crippen LogP) is -3.37. The van der Waals surface area contributed by atoms with Crippen LogP contribution in [-0.4, -0.2) is 81.7 Å². The molecule has 0 spiro atoms. The van der Waals surface area contributed by atoms with E-state index in [1.54, 1.807) is 13.8 Å². The maximum Gasteiger partial charge on any atom is 0.326 e. The quantitative estimate of drug-likeness (QED) is 0.120. The molecular formula is C18H31N5O9. The molecule has 0 aliphatic carbocycles. The molecule has 0 aromatic carbocycles. The molecule has 0 fully saturated rings. The summed E-state index contributed by atoms with van der Waals surface area (Å²) in [5, 5.41) is 34.0. The molecule has 0 rings (SSSR count). The first-order valence-electron chi connectivity index (χ1n) is 9.78. The first-order chi connectivity index (χ1) is 14.8. The van der Waals surface area contributed by atoms with Crippen LogP contribution in [0.5, 0.6) is 0 Å². The van der Waals surface area contributed by atoms with Gasteiger partial charge in [0, 0.05) is 6.42 Å². The maximum atomic E-state index is 12.6. The number of hydrogen-bond acceptors (Lipinski definition) is 8. The van der Waals surface area contributed by atoms with Gasteiger partial charge in [-0.15, -0.1) is 0 Å². The van der Waals surface area contributed by atoms with Crippen molar-refractivity contribution in [2.45, 2.75) is 63.7 Å². The summed E-state index contributed by atoms with van der Waals surface area (Å²) in [6.45, 7) is 2.60. The third kappa shape index (κ3) is 11.2. The summed E-state index contributed by atoms with van der Waals surface area (Å²) >= 11 is 0. The highest BCUT2D eigenvalue weighted by atomic mass is 16.4. The number of carboxylic acid groups (broad SMARTS) is 2. The van der Waals surface area contributed by atoms with Gasteiger partial charge in [-0.25, -0.2) is 4.79 Å². The van der Waals surface area contributed by atoms with Gasteiger partial charge in [-0.05, 0) is 18.8 Å². The molecule has 0 aliphatic rings. The van der Waals surface area contributed by atoms with Gasteiger partial charge < -0.3 is 42.7 Å². The smallest absolute Gasteiger partial charge is 0.326 e. The van der Waals surface area contributed by atoms with Crippen LogP contribution in [0, 0.1) is 5.92 Å². The van der Waals surface area contributed by atoms with Crippen LogP contribution in [0.3, 0.4) is 0 Å². The minimum absolute atomic E-state index is 0.0676. The Kier molecular flexibility index (Phi) is 12.5. The second-order valence-corrected chi connectivity index (χ2v) is 7.54. The van der Waals surface area contributed by atoms with E-state index in [0.29, 0.717) is 0 Å². The monoisotopic (exact) mass is 461 g/mol. The van der Waals surface area contributed by atoms with Crippen LogP contribution < -0.4 is 27.4 Å². The Morgan fingerprint density at radius 3 is 1.78 bits per heavy atom. The lowest BCUT2D eigenvalue weighted by atomic mass is 10.0. The zero-order valence-electron chi connectivity index (χ0n) is 17.9. The summed E-state index contributed by atoms with van der Waals surface area (Å²) < 4.78 is 0. The van der Waals surface area contributed by atoms with Crippen molar-refractivity contribution in [2.24, 2.45) is 17.4 Å². The fourth-order valence-corrected chi connectivity index (χ4v) is 2.55. The maximum absolute atomic E-state index is 12.6. The van der Waals surface area contributed by atoms with Crippen molar-refractivity contribution in [3.05, 3.63) is 0 Å². The fraction of sp³-hybridized carbons (Fsp3) is 0.667. The lowest BCUT2D eigenvalue weighted by Crippen LogP contribution is -2.58. The van der Waals surface area contributed by atoms with Crippen LogP contribution in [0.25, 0.3) is 0 Å². The Morgan fingerprint density at radius 2 is 1.34 bits per heavy atom. The second kappa shape index (κ2) is 13.9. The molecule has 0 saturated heterocycles. The first kappa shape index (κ1) is 28.7. The van der Waals surface area contributed by atoms with E-state index >= 15 is 0 Å². The van der Waals surface area contributed by atoms with Gasteiger partial charge in [-0.2, -0.15) is 0 Å². The third-order valence-corrected chi connectivity index (χ3v) is 4.18. The van der Waals surface area contributed by atoms with Crippen molar-refractivity contribution in [3.63, 3.8) is 0 Å². The van der Waals surface area contributed by atoms with Crippen molar-refractivity contribution >= 4 is 35.6 Å². The Morgan fingerprint density at radius 1 is 0.844 bits per heavy atom. The van der Waals surface area contributed by atoms with E-state index in [2.05, 4.69) is 16.0 Å². The largest absolute Gasteiger partial charge is 0.481 e. The predicted molar refractivity (Wildman–Crippen MR) is 109 cm³/mol. The number of rotatable bonds is 15. The van der Waals surface area contributed by atoms with E-state index in [4.69, 9.17) is 16.6 Å². The molecule has 10 N–H and O–H groups in total. The molecule has 0 aromatic heterocycles. The van der Waals surface area contributed by atoms with Crippen molar-refractivity contribution in [1.82, 2.24) is 16.0 Å². The lowest BCUT2D eigenvalue weighted by Gasteiger charge is -2.24. The summed E-state index contributed by atoms with van der Waals surface area (Å²) in [6, 6.07) is -5.73. The molecule has 0 bridgehead atoms. The highest BCUT2D eigenvalue weighted by molar-refractivity contribution is 5.95. The van der Waals surface area contributed by atoms with Gasteiger partial charge in [0.1, 0.15) is 18.1 Å². The molecule has 0 saturated carbocycles. The zero-order chi connectivity index (χ0) is 25.0. The fourth-order valence-electron chi connectivity index (χ4n) is 2.55. The summed E-state index contributed by atoms with van der Waals surface area (Å²) in [7, 11) is 0. The Balaban J connectivity index is 5.32. The van der Waals surface area contributed by atoms with E-state index in [-0.39, 0.29) is 25.2 Å². The number of aliphatic hydroxyl groups excluding tert-OH is 1. The summed E-state index contributed by atoms with van der Waals surface area (Å²) in [6.07, 6.45) is -1.24. The number of primary amides is 1. The molecule has 0 heterocycles. The number of aliphatic hydroxyl groups is 1. The number of carbonyl (C=O) groups excluding carboxylic acids is 4. The summed E-state index contributed by atoms with van der Waals surface area (Å²) in [5.41, 5.74) is 10.5.